The summed E-state index contributed by atoms with van der Waals surface area (Å²) in [5.74, 6) is -0.0899. The smallest absolute Gasteiger partial charge is 0.305 e. The number of carbonyl (C=O) groups excluding carboxylic acids is 2. The van der Waals surface area contributed by atoms with Gasteiger partial charge < -0.3 is 20.3 Å². The van der Waals surface area contributed by atoms with Crippen molar-refractivity contribution in [2.45, 2.75) is 302 Å². The molecule has 0 radical (unpaired) electrons. The van der Waals surface area contributed by atoms with E-state index in [0.29, 0.717) is 25.9 Å². The molecule has 2 unspecified atom stereocenters. The number of allylic oxidation sites excluding steroid dienone is 2. The topological polar surface area (TPSA) is 95.9 Å². The highest BCUT2D eigenvalue weighted by Crippen LogP contribution is 2.17. The molecule has 0 aromatic heterocycles. The van der Waals surface area contributed by atoms with Crippen molar-refractivity contribution in [3.8, 4) is 0 Å². The van der Waals surface area contributed by atoms with E-state index in [0.717, 1.165) is 77.0 Å². The molecule has 0 aromatic carbocycles. The van der Waals surface area contributed by atoms with Crippen LogP contribution < -0.4 is 5.32 Å². The van der Waals surface area contributed by atoms with E-state index < -0.39 is 12.1 Å². The third kappa shape index (κ3) is 45.9. The number of hydrogen-bond donors (Lipinski definition) is 3. The predicted molar refractivity (Wildman–Crippen MR) is 255 cm³/mol. The molecule has 3 N–H and O–H groups in total. The first-order valence-corrected chi connectivity index (χ1v) is 26.4. The Labute approximate surface area is 368 Å². The fourth-order valence-electron chi connectivity index (χ4n) is 8.22. The first-order valence-electron chi connectivity index (χ1n) is 26.4. The van der Waals surface area contributed by atoms with Gasteiger partial charge in [0.1, 0.15) is 0 Å². The Morgan fingerprint density at radius 1 is 0.458 bits per heavy atom. The third-order valence-corrected chi connectivity index (χ3v) is 12.3. The van der Waals surface area contributed by atoms with E-state index in [2.05, 4.69) is 31.3 Å². The SMILES string of the molecule is CCCCCCCCCCCCCCCCCCC(O)C(CO)NC(=O)CCCCCCC/C=C\CCCCOC(=O)CCCCCCCCCCCCCCCCC. The fraction of sp³-hybridized carbons (Fsp3) is 0.925. The highest BCUT2D eigenvalue weighted by Gasteiger charge is 2.20. The molecule has 6 nitrogen and oxygen atoms in total. The van der Waals surface area contributed by atoms with Gasteiger partial charge in [0.05, 0.1) is 25.4 Å². The van der Waals surface area contributed by atoms with E-state index in [9.17, 15) is 19.8 Å². The highest BCUT2D eigenvalue weighted by atomic mass is 16.5. The van der Waals surface area contributed by atoms with Crippen LogP contribution in [0.25, 0.3) is 0 Å². The molecule has 0 rings (SSSR count). The molecular formula is C53H103NO5. The number of nitrogens with one attached hydrogen (secondary N) is 1. The molecule has 59 heavy (non-hydrogen) atoms. The number of aliphatic hydroxyl groups is 2. The van der Waals surface area contributed by atoms with E-state index in [-0.39, 0.29) is 18.5 Å². The number of carbonyl (C=O) groups is 2. The van der Waals surface area contributed by atoms with Gasteiger partial charge in [0.15, 0.2) is 0 Å². The van der Waals surface area contributed by atoms with Crippen LogP contribution in [0.15, 0.2) is 12.2 Å². The number of unbranched alkanes of at least 4 members (excludes halogenated alkanes) is 36. The van der Waals surface area contributed by atoms with Crippen LogP contribution >= 0.6 is 0 Å². The van der Waals surface area contributed by atoms with Crippen molar-refractivity contribution in [3.63, 3.8) is 0 Å². The largest absolute Gasteiger partial charge is 0.466 e. The van der Waals surface area contributed by atoms with Crippen molar-refractivity contribution in [1.82, 2.24) is 5.32 Å². The molecule has 350 valence electrons. The predicted octanol–water partition coefficient (Wildman–Crippen LogP) is 15.7. The van der Waals surface area contributed by atoms with Crippen molar-refractivity contribution in [2.24, 2.45) is 0 Å². The van der Waals surface area contributed by atoms with Crippen LogP contribution in [0.3, 0.4) is 0 Å². The summed E-state index contributed by atoms with van der Waals surface area (Å²) in [6.07, 6.45) is 56.1. The Kier molecular flexibility index (Phi) is 48.1. The van der Waals surface area contributed by atoms with Gasteiger partial charge in [0, 0.05) is 12.8 Å². The van der Waals surface area contributed by atoms with Gasteiger partial charge in [-0.05, 0) is 51.4 Å². The van der Waals surface area contributed by atoms with Gasteiger partial charge >= 0.3 is 5.97 Å². The van der Waals surface area contributed by atoms with Crippen LogP contribution in [0, 0.1) is 0 Å². The van der Waals surface area contributed by atoms with Crippen molar-refractivity contribution >= 4 is 11.9 Å². The van der Waals surface area contributed by atoms with Crippen molar-refractivity contribution in [1.29, 1.82) is 0 Å². The lowest BCUT2D eigenvalue weighted by atomic mass is 10.0. The fourth-order valence-corrected chi connectivity index (χ4v) is 8.22. The zero-order valence-corrected chi connectivity index (χ0v) is 39.7. The van der Waals surface area contributed by atoms with Gasteiger partial charge in [0.25, 0.3) is 0 Å². The average molecular weight is 834 g/mol. The van der Waals surface area contributed by atoms with Crippen molar-refractivity contribution < 1.29 is 24.5 Å². The number of rotatable bonds is 49. The van der Waals surface area contributed by atoms with Crippen LogP contribution in [-0.4, -0.2) is 47.4 Å². The summed E-state index contributed by atoms with van der Waals surface area (Å²) < 4.78 is 5.44. The minimum absolute atomic E-state index is 0.0279. The first kappa shape index (κ1) is 57.6. The van der Waals surface area contributed by atoms with E-state index in [1.54, 1.807) is 0 Å². The quantitative estimate of drug-likeness (QED) is 0.0322. The Balaban J connectivity index is 3.50. The minimum atomic E-state index is -0.681. The molecule has 0 bridgehead atoms. The van der Waals surface area contributed by atoms with E-state index in [1.807, 2.05) is 0 Å². The minimum Gasteiger partial charge on any atom is -0.466 e. The maximum Gasteiger partial charge on any atom is 0.305 e. The molecule has 0 fully saturated rings. The molecule has 0 saturated heterocycles. The third-order valence-electron chi connectivity index (χ3n) is 12.3. The second kappa shape index (κ2) is 49.3. The molecule has 0 aliphatic heterocycles. The lowest BCUT2D eigenvalue weighted by Crippen LogP contribution is -2.45. The molecule has 6 heteroatoms. The molecule has 2 atom stereocenters. The summed E-state index contributed by atoms with van der Waals surface area (Å²) in [5, 5.41) is 23.2. The van der Waals surface area contributed by atoms with Gasteiger partial charge in [0.2, 0.25) is 5.91 Å². The Morgan fingerprint density at radius 3 is 1.20 bits per heavy atom. The molecule has 0 aliphatic rings. The summed E-state index contributed by atoms with van der Waals surface area (Å²) in [7, 11) is 0. The summed E-state index contributed by atoms with van der Waals surface area (Å²) in [4.78, 5) is 24.5. The zero-order valence-electron chi connectivity index (χ0n) is 39.7. The van der Waals surface area contributed by atoms with Gasteiger partial charge in [-0.2, -0.15) is 0 Å². The number of amides is 1. The van der Waals surface area contributed by atoms with E-state index >= 15 is 0 Å². The number of hydrogen-bond acceptors (Lipinski definition) is 5. The van der Waals surface area contributed by atoms with Crippen LogP contribution in [0.5, 0.6) is 0 Å². The first-order chi connectivity index (χ1) is 29.0. The van der Waals surface area contributed by atoms with Crippen LogP contribution in [0.4, 0.5) is 0 Å². The summed E-state index contributed by atoms with van der Waals surface area (Å²) in [5.41, 5.74) is 0. The molecule has 1 amide bonds. The molecule has 0 heterocycles. The maximum atomic E-state index is 12.4. The standard InChI is InChI=1S/C53H103NO5/c1-3-5-7-9-11-13-15-17-19-21-22-25-29-33-37-41-45-51(56)50(49-55)54-52(57)46-42-38-34-30-26-24-28-32-36-40-44-48-59-53(58)47-43-39-35-31-27-23-20-18-16-14-12-10-8-6-4-2/h28,32,50-51,55-56H,3-27,29-31,33-49H2,1-2H3,(H,54,57)/b32-28-. The average Bonchev–Trinajstić information content (AvgIpc) is 3.24. The Hall–Kier alpha value is -1.40. The van der Waals surface area contributed by atoms with Crippen LogP contribution in [-0.2, 0) is 14.3 Å². The molecule has 0 aliphatic carbocycles. The van der Waals surface area contributed by atoms with E-state index in [4.69, 9.17) is 4.74 Å². The summed E-state index contributed by atoms with van der Waals surface area (Å²) in [6.45, 7) is 4.89. The van der Waals surface area contributed by atoms with Crippen LogP contribution in [0.1, 0.15) is 290 Å². The highest BCUT2D eigenvalue weighted by molar-refractivity contribution is 5.76. The number of esters is 1. The number of ether oxygens (including phenoxy) is 1. The Bertz CT molecular complexity index is 878. The molecule has 0 aromatic rings. The van der Waals surface area contributed by atoms with Gasteiger partial charge in [-0.3, -0.25) is 9.59 Å². The molecule has 0 saturated carbocycles. The number of aliphatic hydroxyl groups excluding tert-OH is 2. The van der Waals surface area contributed by atoms with Gasteiger partial charge in [-0.15, -0.1) is 0 Å². The molecular weight excluding hydrogens is 731 g/mol. The van der Waals surface area contributed by atoms with Gasteiger partial charge in [-0.25, -0.2) is 0 Å². The second-order valence-corrected chi connectivity index (χ2v) is 18.2. The monoisotopic (exact) mass is 834 g/mol. The Morgan fingerprint density at radius 2 is 0.797 bits per heavy atom. The lowest BCUT2D eigenvalue weighted by molar-refractivity contribution is -0.143. The lowest BCUT2D eigenvalue weighted by Gasteiger charge is -2.22. The van der Waals surface area contributed by atoms with E-state index in [1.165, 1.54) is 180 Å². The molecule has 0 spiro atoms. The van der Waals surface area contributed by atoms with Crippen LogP contribution in [0.2, 0.25) is 0 Å². The van der Waals surface area contributed by atoms with Gasteiger partial charge in [-0.1, -0.05) is 238 Å². The summed E-state index contributed by atoms with van der Waals surface area (Å²) >= 11 is 0. The van der Waals surface area contributed by atoms with Crippen molar-refractivity contribution in [3.05, 3.63) is 12.2 Å². The second-order valence-electron chi connectivity index (χ2n) is 18.2. The zero-order chi connectivity index (χ0) is 43.0. The normalized spacial score (nSPS) is 12.7. The van der Waals surface area contributed by atoms with Crippen molar-refractivity contribution in [2.75, 3.05) is 13.2 Å². The summed E-state index contributed by atoms with van der Waals surface area (Å²) in [6, 6.07) is -0.561. The maximum absolute atomic E-state index is 12.4.